The number of nitriles is 1. The first-order valence-corrected chi connectivity index (χ1v) is 5.75. The first kappa shape index (κ1) is 11.9. The van der Waals surface area contributed by atoms with E-state index in [-0.39, 0.29) is 0 Å². The lowest BCUT2D eigenvalue weighted by atomic mass is 10.2. The predicted octanol–water partition coefficient (Wildman–Crippen LogP) is 4.41. The lowest BCUT2D eigenvalue weighted by molar-refractivity contribution is 0.482. The Balaban J connectivity index is 2.02. The number of ether oxygens (including phenoxy) is 1. The fourth-order valence-electron chi connectivity index (χ4n) is 1.52. The quantitative estimate of drug-likeness (QED) is 0.786. The van der Waals surface area contributed by atoms with Crippen LogP contribution in [-0.2, 0) is 0 Å². The van der Waals surface area contributed by atoms with Crippen molar-refractivity contribution in [3.8, 4) is 17.6 Å². The van der Waals surface area contributed by atoms with E-state index < -0.39 is 0 Å². The first-order chi connectivity index (χ1) is 8.88. The molecule has 0 bridgehead atoms. The van der Waals surface area contributed by atoms with Gasteiger partial charge in [-0.2, -0.15) is 5.26 Å². The van der Waals surface area contributed by atoms with Gasteiger partial charge in [-0.25, -0.2) is 0 Å². The van der Waals surface area contributed by atoms with Crippen LogP contribution in [-0.4, -0.2) is 0 Å². The third kappa shape index (κ3) is 3.50. The van der Waals surface area contributed by atoms with Crippen LogP contribution in [0.3, 0.4) is 0 Å². The van der Waals surface area contributed by atoms with E-state index in [0.717, 1.165) is 17.1 Å². The standard InChI is InChI=1S/C16H13NO/c17-13-5-4-6-14-9-11-16(12-10-14)18-15-7-2-1-3-8-15/h1-4,6-12H,5H2. The van der Waals surface area contributed by atoms with Gasteiger partial charge < -0.3 is 4.74 Å². The van der Waals surface area contributed by atoms with Crippen molar-refractivity contribution in [2.75, 3.05) is 0 Å². The molecule has 0 amide bonds. The van der Waals surface area contributed by atoms with E-state index in [1.165, 1.54) is 0 Å². The third-order valence-electron chi connectivity index (χ3n) is 2.38. The number of benzene rings is 2. The summed E-state index contributed by atoms with van der Waals surface area (Å²) in [6.07, 6.45) is 4.20. The summed E-state index contributed by atoms with van der Waals surface area (Å²) in [5.74, 6) is 1.63. The molecule has 0 saturated carbocycles. The second-order valence-corrected chi connectivity index (χ2v) is 3.75. The molecular formula is C16H13NO. The van der Waals surface area contributed by atoms with Gasteiger partial charge in [-0.05, 0) is 29.8 Å². The Morgan fingerprint density at radius 2 is 1.61 bits per heavy atom. The Bertz CT molecular complexity index is 550. The summed E-state index contributed by atoms with van der Waals surface area (Å²) in [4.78, 5) is 0. The van der Waals surface area contributed by atoms with E-state index in [4.69, 9.17) is 10.00 Å². The van der Waals surface area contributed by atoms with Gasteiger partial charge in [0.2, 0.25) is 0 Å². The fraction of sp³-hybridized carbons (Fsp3) is 0.0625. The molecule has 0 aliphatic heterocycles. The number of allylic oxidation sites excluding steroid dienone is 1. The van der Waals surface area contributed by atoms with Crippen molar-refractivity contribution in [3.05, 3.63) is 66.2 Å². The van der Waals surface area contributed by atoms with Gasteiger partial charge in [0.25, 0.3) is 0 Å². The zero-order valence-corrected chi connectivity index (χ0v) is 9.91. The number of para-hydroxylation sites is 1. The molecule has 0 radical (unpaired) electrons. The van der Waals surface area contributed by atoms with Crippen molar-refractivity contribution in [2.24, 2.45) is 0 Å². The van der Waals surface area contributed by atoms with Gasteiger partial charge >= 0.3 is 0 Å². The highest BCUT2D eigenvalue weighted by Gasteiger charge is 1.95. The van der Waals surface area contributed by atoms with E-state index in [2.05, 4.69) is 6.07 Å². The summed E-state index contributed by atoms with van der Waals surface area (Å²) >= 11 is 0. The van der Waals surface area contributed by atoms with Crippen molar-refractivity contribution in [1.82, 2.24) is 0 Å². The van der Waals surface area contributed by atoms with Gasteiger partial charge in [0.15, 0.2) is 0 Å². The van der Waals surface area contributed by atoms with Crippen molar-refractivity contribution in [3.63, 3.8) is 0 Å². The van der Waals surface area contributed by atoms with Gasteiger partial charge in [0.05, 0.1) is 12.5 Å². The van der Waals surface area contributed by atoms with E-state index in [9.17, 15) is 0 Å². The highest BCUT2D eigenvalue weighted by Crippen LogP contribution is 2.21. The van der Waals surface area contributed by atoms with Gasteiger partial charge in [-0.1, -0.05) is 42.5 Å². The van der Waals surface area contributed by atoms with Crippen LogP contribution in [0.25, 0.3) is 6.08 Å². The van der Waals surface area contributed by atoms with Crippen LogP contribution in [0, 0.1) is 11.3 Å². The van der Waals surface area contributed by atoms with Crippen LogP contribution in [0.15, 0.2) is 60.7 Å². The van der Waals surface area contributed by atoms with Crippen molar-refractivity contribution >= 4 is 6.08 Å². The topological polar surface area (TPSA) is 33.0 Å². The lowest BCUT2D eigenvalue weighted by Gasteiger charge is -2.05. The Labute approximate surface area is 107 Å². The van der Waals surface area contributed by atoms with E-state index in [1.807, 2.05) is 66.7 Å². The molecule has 0 N–H and O–H groups in total. The molecule has 0 aliphatic carbocycles. The summed E-state index contributed by atoms with van der Waals surface area (Å²) in [6.45, 7) is 0. The van der Waals surface area contributed by atoms with Crippen molar-refractivity contribution in [1.29, 1.82) is 5.26 Å². The summed E-state index contributed by atoms with van der Waals surface area (Å²) < 4.78 is 5.68. The number of nitrogens with zero attached hydrogens (tertiary/aromatic N) is 1. The van der Waals surface area contributed by atoms with Crippen LogP contribution in [0.2, 0.25) is 0 Å². The van der Waals surface area contributed by atoms with Crippen LogP contribution in [0.1, 0.15) is 12.0 Å². The Hall–Kier alpha value is -2.53. The zero-order valence-electron chi connectivity index (χ0n) is 9.91. The van der Waals surface area contributed by atoms with Crippen LogP contribution >= 0.6 is 0 Å². The molecule has 2 nitrogen and oxygen atoms in total. The summed E-state index contributed by atoms with van der Waals surface area (Å²) in [6, 6.07) is 19.5. The average molecular weight is 235 g/mol. The fourth-order valence-corrected chi connectivity index (χ4v) is 1.52. The number of rotatable bonds is 4. The third-order valence-corrected chi connectivity index (χ3v) is 2.38. The molecule has 0 aromatic heterocycles. The first-order valence-electron chi connectivity index (χ1n) is 5.75. The number of hydrogen-bond donors (Lipinski definition) is 0. The van der Waals surface area contributed by atoms with Crippen molar-refractivity contribution < 1.29 is 4.74 Å². The average Bonchev–Trinajstić information content (AvgIpc) is 2.42. The molecule has 0 spiro atoms. The van der Waals surface area contributed by atoms with Gasteiger partial charge in [-0.3, -0.25) is 0 Å². The van der Waals surface area contributed by atoms with Gasteiger partial charge in [-0.15, -0.1) is 0 Å². The molecule has 2 rings (SSSR count). The molecule has 18 heavy (non-hydrogen) atoms. The van der Waals surface area contributed by atoms with Crippen molar-refractivity contribution in [2.45, 2.75) is 6.42 Å². The second kappa shape index (κ2) is 6.27. The molecule has 88 valence electrons. The largest absolute Gasteiger partial charge is 0.457 e. The predicted molar refractivity (Wildman–Crippen MR) is 72.2 cm³/mol. The number of hydrogen-bond acceptors (Lipinski definition) is 2. The minimum Gasteiger partial charge on any atom is -0.457 e. The van der Waals surface area contributed by atoms with Crippen LogP contribution in [0.4, 0.5) is 0 Å². The molecule has 0 heterocycles. The highest BCUT2D eigenvalue weighted by molar-refractivity contribution is 5.51. The monoisotopic (exact) mass is 235 g/mol. The Kier molecular flexibility index (Phi) is 4.16. The molecule has 0 saturated heterocycles. The second-order valence-electron chi connectivity index (χ2n) is 3.75. The van der Waals surface area contributed by atoms with E-state index >= 15 is 0 Å². The van der Waals surface area contributed by atoms with Crippen LogP contribution in [0.5, 0.6) is 11.5 Å². The van der Waals surface area contributed by atoms with E-state index in [0.29, 0.717) is 6.42 Å². The molecule has 0 aliphatic rings. The minimum absolute atomic E-state index is 0.433. The molecule has 0 fully saturated rings. The molecule has 2 aromatic rings. The SMILES string of the molecule is N#CCC=Cc1ccc(Oc2ccccc2)cc1. The molecule has 0 unspecified atom stereocenters. The Morgan fingerprint density at radius 1 is 0.944 bits per heavy atom. The molecule has 2 aromatic carbocycles. The summed E-state index contributed by atoms with van der Waals surface area (Å²) in [7, 11) is 0. The smallest absolute Gasteiger partial charge is 0.127 e. The van der Waals surface area contributed by atoms with E-state index in [1.54, 1.807) is 0 Å². The summed E-state index contributed by atoms with van der Waals surface area (Å²) in [5, 5.41) is 8.43. The minimum atomic E-state index is 0.433. The zero-order chi connectivity index (χ0) is 12.6. The van der Waals surface area contributed by atoms with Gasteiger partial charge in [0.1, 0.15) is 11.5 Å². The summed E-state index contributed by atoms with van der Waals surface area (Å²) in [5.41, 5.74) is 1.06. The maximum absolute atomic E-state index is 8.43. The van der Waals surface area contributed by atoms with Gasteiger partial charge in [0, 0.05) is 0 Å². The maximum Gasteiger partial charge on any atom is 0.127 e. The maximum atomic E-state index is 8.43. The lowest BCUT2D eigenvalue weighted by Crippen LogP contribution is -1.83. The molecule has 0 atom stereocenters. The molecular weight excluding hydrogens is 222 g/mol. The highest BCUT2D eigenvalue weighted by atomic mass is 16.5. The Morgan fingerprint density at radius 3 is 2.28 bits per heavy atom. The molecule has 2 heteroatoms. The normalized spacial score (nSPS) is 10.2. The van der Waals surface area contributed by atoms with Crippen LogP contribution < -0.4 is 4.74 Å².